The molecule has 7 amide bonds. The Morgan fingerprint density at radius 2 is 1.56 bits per heavy atom. The van der Waals surface area contributed by atoms with Gasteiger partial charge in [-0.2, -0.15) is 0 Å². The van der Waals surface area contributed by atoms with Crippen molar-refractivity contribution < 1.29 is 33.6 Å². The number of amides is 7. The van der Waals surface area contributed by atoms with Gasteiger partial charge in [0, 0.05) is 37.9 Å². The Morgan fingerprint density at radius 1 is 0.852 bits per heavy atom. The third kappa shape index (κ3) is 19.5. The summed E-state index contributed by atoms with van der Waals surface area (Å²) in [7, 11) is 0. The number of aromatic nitrogens is 2. The Kier molecular flexibility index (Phi) is 24.3. The first kappa shape index (κ1) is 51.5. The minimum Gasteiger partial charge on any atom is -0.370 e. The molecule has 0 aromatic carbocycles. The molecule has 2 rings (SSSR count). The van der Waals surface area contributed by atoms with Gasteiger partial charge in [-0.05, 0) is 90.8 Å². The van der Waals surface area contributed by atoms with Crippen molar-refractivity contribution in [2.75, 3.05) is 45.8 Å². The number of carbonyl (C=O) groups excluding carboxylic acids is 7. The van der Waals surface area contributed by atoms with Gasteiger partial charge in [-0.3, -0.25) is 39.0 Å². The van der Waals surface area contributed by atoms with Gasteiger partial charge in [0.15, 0.2) is 5.96 Å². The van der Waals surface area contributed by atoms with E-state index in [0.717, 1.165) is 12.8 Å². The molecule has 1 aliphatic rings. The zero-order chi connectivity index (χ0) is 45.2. The Morgan fingerprint density at radius 3 is 2.21 bits per heavy atom. The van der Waals surface area contributed by atoms with Crippen LogP contribution in [0.1, 0.15) is 83.2 Å². The van der Waals surface area contributed by atoms with Crippen LogP contribution in [-0.2, 0) is 40.0 Å². The molecule has 23 nitrogen and oxygen atoms in total. The summed E-state index contributed by atoms with van der Waals surface area (Å²) in [6.45, 7) is 2.90. The van der Waals surface area contributed by atoms with E-state index < -0.39 is 78.1 Å². The van der Waals surface area contributed by atoms with Crippen molar-refractivity contribution >= 4 is 47.3 Å². The number of rotatable bonds is 29. The van der Waals surface area contributed by atoms with Crippen molar-refractivity contribution in [1.82, 2.24) is 52.1 Å². The molecule has 0 bridgehead atoms. The topological polar surface area (TPSA) is 390 Å². The standard InChI is InChI=1S/C38H68N16O7/c1-24(42)32(56)48-22-31(55)50-28(11-7-16-41)37(61)54-19-9-13-30(54)36(60)53-29(20-25-21-45-23-49-25)35(59)52-27(10-3-5-15-40)34(58)51-26(12-8-18-47-38(43)44)33(57)46-17-6-2-4-14-39/h12,21,23-24,27-30H,2-11,13-20,22,39-42H2,1H3,(H,45,49)(H,46,57)(H,48,56)(H,50,55)(H,51,58)(H,52,59)(H,53,60)(H4,43,44,47)/b26-12-/t24?,27-,28+,29?,30?/m0/s1. The van der Waals surface area contributed by atoms with Gasteiger partial charge in [-0.1, -0.05) is 12.5 Å². The summed E-state index contributed by atoms with van der Waals surface area (Å²) in [6, 6.07) is -5.29. The first-order valence-corrected chi connectivity index (χ1v) is 20.9. The SMILES string of the molecule is CC(N)C(=O)NCC(=O)N[C@H](CCCN)C(=O)N1CCCC1C(=O)NC(Cc1cnc[nH]1)C(=O)N[C@@H](CCCCN)C(=O)N/C(=C\CCNC(=N)N)C(=O)NCCCCCN. The fourth-order valence-corrected chi connectivity index (χ4v) is 6.37. The fraction of sp³-hybridized carbons (Fsp3) is 0.658. The molecule has 5 atom stereocenters. The number of imidazole rings is 1. The zero-order valence-electron chi connectivity index (χ0n) is 35.2. The van der Waals surface area contributed by atoms with Crippen LogP contribution in [0.25, 0.3) is 0 Å². The highest BCUT2D eigenvalue weighted by Crippen LogP contribution is 2.20. The van der Waals surface area contributed by atoms with Crippen molar-refractivity contribution in [3.8, 4) is 0 Å². The lowest BCUT2D eigenvalue weighted by Gasteiger charge is -2.30. The van der Waals surface area contributed by atoms with Gasteiger partial charge < -0.3 is 75.8 Å². The molecule has 0 aliphatic carbocycles. The zero-order valence-corrected chi connectivity index (χ0v) is 35.2. The van der Waals surface area contributed by atoms with E-state index in [1.165, 1.54) is 30.4 Å². The maximum absolute atomic E-state index is 14.1. The molecule has 19 N–H and O–H groups in total. The van der Waals surface area contributed by atoms with Gasteiger partial charge in [0.25, 0.3) is 5.91 Å². The Hall–Kier alpha value is -5.65. The molecule has 0 saturated carbocycles. The average Bonchev–Trinajstić information content (AvgIpc) is 3.94. The third-order valence-corrected chi connectivity index (χ3v) is 9.67. The average molecular weight is 861 g/mol. The summed E-state index contributed by atoms with van der Waals surface area (Å²) >= 11 is 0. The van der Waals surface area contributed by atoms with Crippen molar-refractivity contribution in [3.05, 3.63) is 30.0 Å². The normalized spacial score (nSPS) is 15.7. The van der Waals surface area contributed by atoms with Crippen LogP contribution in [0.2, 0.25) is 0 Å². The monoisotopic (exact) mass is 861 g/mol. The Labute approximate surface area is 356 Å². The van der Waals surface area contributed by atoms with Gasteiger partial charge in [0.05, 0.1) is 18.9 Å². The molecule has 1 aliphatic heterocycles. The Balaban J connectivity index is 2.30. The molecular formula is C38H68N16O7. The third-order valence-electron chi connectivity index (χ3n) is 9.67. The summed E-state index contributed by atoms with van der Waals surface area (Å²) in [5, 5.41) is 26.0. The van der Waals surface area contributed by atoms with Gasteiger partial charge in [-0.25, -0.2) is 4.98 Å². The fourth-order valence-electron chi connectivity index (χ4n) is 6.37. The number of unbranched alkanes of at least 4 members (excludes halogenated alkanes) is 3. The van der Waals surface area contributed by atoms with Crippen molar-refractivity contribution in [1.29, 1.82) is 5.41 Å². The van der Waals surface area contributed by atoms with Crippen LogP contribution in [0.5, 0.6) is 0 Å². The van der Waals surface area contributed by atoms with Crippen LogP contribution >= 0.6 is 0 Å². The number of H-pyrrole nitrogens is 1. The van der Waals surface area contributed by atoms with E-state index in [2.05, 4.69) is 47.2 Å². The number of hydrogen-bond donors (Lipinski definition) is 14. The number of likely N-dealkylation sites (tertiary alicyclic amines) is 1. The maximum Gasteiger partial charge on any atom is 0.267 e. The molecule has 0 radical (unpaired) electrons. The van der Waals surface area contributed by atoms with Crippen molar-refractivity contribution in [2.45, 2.75) is 114 Å². The second-order valence-electron chi connectivity index (χ2n) is 14.8. The smallest absolute Gasteiger partial charge is 0.267 e. The van der Waals surface area contributed by atoms with E-state index in [1.54, 1.807) is 0 Å². The lowest BCUT2D eigenvalue weighted by molar-refractivity contribution is -0.142. The molecule has 3 unspecified atom stereocenters. The highest BCUT2D eigenvalue weighted by molar-refractivity contribution is 6.00. The van der Waals surface area contributed by atoms with Crippen LogP contribution in [0, 0.1) is 5.41 Å². The van der Waals surface area contributed by atoms with E-state index in [4.69, 9.17) is 34.1 Å². The molecule has 1 saturated heterocycles. The molecule has 342 valence electrons. The summed E-state index contributed by atoms with van der Waals surface area (Å²) in [5.41, 5.74) is 28.4. The van der Waals surface area contributed by atoms with Crippen molar-refractivity contribution in [3.63, 3.8) is 0 Å². The van der Waals surface area contributed by atoms with Crippen LogP contribution < -0.4 is 65.9 Å². The predicted molar refractivity (Wildman–Crippen MR) is 227 cm³/mol. The number of nitrogens with zero attached hydrogens (tertiary/aromatic N) is 2. The second-order valence-corrected chi connectivity index (χ2v) is 14.8. The highest BCUT2D eigenvalue weighted by Gasteiger charge is 2.39. The number of nitrogens with one attached hydrogen (secondary N) is 9. The second kappa shape index (κ2) is 28.8. The molecule has 0 spiro atoms. The summed E-state index contributed by atoms with van der Waals surface area (Å²) in [4.78, 5) is 102. The van der Waals surface area contributed by atoms with Crippen LogP contribution in [-0.4, -0.2) is 138 Å². The minimum atomic E-state index is -1.25. The first-order valence-electron chi connectivity index (χ1n) is 20.9. The van der Waals surface area contributed by atoms with Crippen LogP contribution in [0.3, 0.4) is 0 Å². The van der Waals surface area contributed by atoms with E-state index in [-0.39, 0.29) is 63.4 Å². The summed E-state index contributed by atoms with van der Waals surface area (Å²) in [6.07, 6.45) is 9.25. The quantitative estimate of drug-likeness (QED) is 0.0157. The van der Waals surface area contributed by atoms with E-state index in [0.29, 0.717) is 57.4 Å². The van der Waals surface area contributed by atoms with Gasteiger partial charge >= 0.3 is 0 Å². The summed E-state index contributed by atoms with van der Waals surface area (Å²) in [5.74, 6) is -4.53. The molecule has 1 fully saturated rings. The van der Waals surface area contributed by atoms with E-state index in [9.17, 15) is 33.6 Å². The lowest BCUT2D eigenvalue weighted by atomic mass is 10.1. The number of guanidine groups is 1. The number of aromatic amines is 1. The molecule has 2 heterocycles. The van der Waals surface area contributed by atoms with E-state index >= 15 is 0 Å². The molecule has 1 aromatic rings. The maximum atomic E-state index is 14.1. The lowest BCUT2D eigenvalue weighted by Crippen LogP contribution is -2.58. The number of hydrogen-bond acceptors (Lipinski definition) is 13. The van der Waals surface area contributed by atoms with Gasteiger partial charge in [-0.15, -0.1) is 0 Å². The molecule has 23 heteroatoms. The van der Waals surface area contributed by atoms with Gasteiger partial charge in [0.2, 0.25) is 35.4 Å². The number of carbonyl (C=O) groups is 7. The molecular weight excluding hydrogens is 793 g/mol. The summed E-state index contributed by atoms with van der Waals surface area (Å²) < 4.78 is 0. The van der Waals surface area contributed by atoms with Crippen LogP contribution in [0.15, 0.2) is 24.3 Å². The molecule has 61 heavy (non-hydrogen) atoms. The molecule has 1 aromatic heterocycles. The Bertz CT molecular complexity index is 1610. The number of nitrogens with two attached hydrogens (primary N) is 5. The largest absolute Gasteiger partial charge is 0.370 e. The minimum absolute atomic E-state index is 0.0570. The van der Waals surface area contributed by atoms with Gasteiger partial charge in [0.1, 0.15) is 29.9 Å². The van der Waals surface area contributed by atoms with Crippen LogP contribution in [0.4, 0.5) is 0 Å². The first-order chi connectivity index (χ1) is 29.2. The predicted octanol–water partition coefficient (Wildman–Crippen LogP) is -4.15. The highest BCUT2D eigenvalue weighted by atomic mass is 16.2. The van der Waals surface area contributed by atoms with E-state index in [1.807, 2.05) is 0 Å². The van der Waals surface area contributed by atoms with Crippen molar-refractivity contribution in [2.24, 2.45) is 28.7 Å².